The lowest BCUT2D eigenvalue weighted by atomic mass is 10.3. The summed E-state index contributed by atoms with van der Waals surface area (Å²) >= 11 is 1.54. The van der Waals surface area contributed by atoms with Crippen molar-refractivity contribution in [3.8, 4) is 0 Å². The largest absolute Gasteiger partial charge is 0.330 e. The van der Waals surface area contributed by atoms with Crippen LogP contribution in [0, 0.1) is 5.82 Å². The van der Waals surface area contributed by atoms with E-state index in [-0.39, 0.29) is 5.82 Å². The summed E-state index contributed by atoms with van der Waals surface area (Å²) in [6.45, 7) is 2.71. The van der Waals surface area contributed by atoms with Crippen LogP contribution in [-0.2, 0) is 0 Å². The van der Waals surface area contributed by atoms with E-state index in [1.807, 2.05) is 6.07 Å². The van der Waals surface area contributed by atoms with E-state index in [0.29, 0.717) is 16.7 Å². The summed E-state index contributed by atoms with van der Waals surface area (Å²) < 4.78 is 13.1. The number of thioether (sulfide) groups is 1. The highest BCUT2D eigenvalue weighted by molar-refractivity contribution is 7.99. The predicted molar refractivity (Wildman–Crippen MR) is 55.4 cm³/mol. The van der Waals surface area contributed by atoms with Gasteiger partial charge in [0.2, 0.25) is 0 Å². The van der Waals surface area contributed by atoms with Crippen LogP contribution < -0.4 is 5.73 Å². The third-order valence-electron chi connectivity index (χ3n) is 1.74. The number of rotatable bonds is 4. The van der Waals surface area contributed by atoms with Gasteiger partial charge in [0.1, 0.15) is 5.82 Å². The van der Waals surface area contributed by atoms with Gasteiger partial charge in [-0.1, -0.05) is 19.1 Å². The minimum atomic E-state index is -0.142. The summed E-state index contributed by atoms with van der Waals surface area (Å²) in [4.78, 5) is 0.712. The van der Waals surface area contributed by atoms with Crippen LogP contribution in [0.4, 0.5) is 4.39 Å². The van der Waals surface area contributed by atoms with E-state index in [2.05, 4.69) is 6.92 Å². The summed E-state index contributed by atoms with van der Waals surface area (Å²) in [5.74, 6) is -0.142. The summed E-state index contributed by atoms with van der Waals surface area (Å²) in [5.41, 5.74) is 5.41. The Labute approximate surface area is 82.5 Å². The average Bonchev–Trinajstić information content (AvgIpc) is 2.09. The van der Waals surface area contributed by atoms with E-state index in [9.17, 15) is 4.39 Å². The van der Waals surface area contributed by atoms with Crippen LogP contribution in [0.5, 0.6) is 0 Å². The second-order valence-corrected chi connectivity index (χ2v) is 4.42. The summed E-state index contributed by atoms with van der Waals surface area (Å²) in [5, 5.41) is 0.377. The van der Waals surface area contributed by atoms with Gasteiger partial charge in [0, 0.05) is 10.1 Å². The maximum Gasteiger partial charge on any atom is 0.136 e. The molecule has 0 heterocycles. The SMILES string of the molecule is CC(CCN)Sc1ccccc1F. The molecule has 72 valence electrons. The molecule has 1 aromatic rings. The van der Waals surface area contributed by atoms with E-state index in [1.54, 1.807) is 12.1 Å². The lowest BCUT2D eigenvalue weighted by Crippen LogP contribution is -2.06. The van der Waals surface area contributed by atoms with E-state index in [1.165, 1.54) is 17.8 Å². The Morgan fingerprint density at radius 3 is 2.77 bits per heavy atom. The summed E-state index contributed by atoms with van der Waals surface area (Å²) in [7, 11) is 0. The van der Waals surface area contributed by atoms with Crippen LogP contribution in [0.3, 0.4) is 0 Å². The zero-order valence-corrected chi connectivity index (χ0v) is 8.48. The van der Waals surface area contributed by atoms with Gasteiger partial charge in [0.15, 0.2) is 0 Å². The topological polar surface area (TPSA) is 26.0 Å². The maximum atomic E-state index is 13.1. The Morgan fingerprint density at radius 1 is 1.46 bits per heavy atom. The summed E-state index contributed by atoms with van der Waals surface area (Å²) in [6.07, 6.45) is 0.916. The molecule has 0 spiro atoms. The Hall–Kier alpha value is -0.540. The first-order valence-electron chi connectivity index (χ1n) is 4.35. The highest BCUT2D eigenvalue weighted by atomic mass is 32.2. The quantitative estimate of drug-likeness (QED) is 0.754. The fourth-order valence-electron chi connectivity index (χ4n) is 1.05. The Morgan fingerprint density at radius 2 is 2.15 bits per heavy atom. The Bertz CT molecular complexity index is 265. The Kier molecular flexibility index (Phi) is 4.25. The van der Waals surface area contributed by atoms with Gasteiger partial charge in [0.25, 0.3) is 0 Å². The third-order valence-corrected chi connectivity index (χ3v) is 2.96. The molecule has 3 heteroatoms. The monoisotopic (exact) mass is 199 g/mol. The smallest absolute Gasteiger partial charge is 0.136 e. The lowest BCUT2D eigenvalue weighted by molar-refractivity contribution is 0.601. The molecule has 1 nitrogen and oxygen atoms in total. The van der Waals surface area contributed by atoms with Gasteiger partial charge in [-0.25, -0.2) is 4.39 Å². The fraction of sp³-hybridized carbons (Fsp3) is 0.400. The first-order chi connectivity index (χ1) is 6.24. The molecular weight excluding hydrogens is 185 g/mol. The second kappa shape index (κ2) is 5.25. The van der Waals surface area contributed by atoms with Gasteiger partial charge < -0.3 is 5.73 Å². The lowest BCUT2D eigenvalue weighted by Gasteiger charge is -2.09. The molecule has 1 rings (SSSR count). The van der Waals surface area contributed by atoms with Gasteiger partial charge >= 0.3 is 0 Å². The van der Waals surface area contributed by atoms with Crippen molar-refractivity contribution in [2.75, 3.05) is 6.54 Å². The first kappa shape index (κ1) is 10.5. The van der Waals surface area contributed by atoms with E-state index < -0.39 is 0 Å². The van der Waals surface area contributed by atoms with Crippen molar-refractivity contribution < 1.29 is 4.39 Å². The van der Waals surface area contributed by atoms with Crippen molar-refractivity contribution in [2.24, 2.45) is 5.73 Å². The Balaban J connectivity index is 2.58. The molecule has 0 aliphatic heterocycles. The van der Waals surface area contributed by atoms with Crippen LogP contribution >= 0.6 is 11.8 Å². The molecule has 13 heavy (non-hydrogen) atoms. The number of nitrogens with two attached hydrogens (primary N) is 1. The number of hydrogen-bond donors (Lipinski definition) is 1. The second-order valence-electron chi connectivity index (χ2n) is 2.94. The van der Waals surface area contributed by atoms with E-state index in [0.717, 1.165) is 6.42 Å². The van der Waals surface area contributed by atoms with E-state index in [4.69, 9.17) is 5.73 Å². The van der Waals surface area contributed by atoms with Gasteiger partial charge in [0.05, 0.1) is 0 Å². The van der Waals surface area contributed by atoms with E-state index >= 15 is 0 Å². The average molecular weight is 199 g/mol. The zero-order valence-electron chi connectivity index (χ0n) is 7.66. The molecule has 1 atom stereocenters. The third kappa shape index (κ3) is 3.36. The predicted octanol–water partition coefficient (Wildman–Crippen LogP) is 2.66. The van der Waals surface area contributed by atoms with Crippen LogP contribution in [-0.4, -0.2) is 11.8 Å². The number of hydrogen-bond acceptors (Lipinski definition) is 2. The molecular formula is C10H14FNS. The van der Waals surface area contributed by atoms with Crippen molar-refractivity contribution in [1.82, 2.24) is 0 Å². The van der Waals surface area contributed by atoms with Gasteiger partial charge in [-0.05, 0) is 25.1 Å². The van der Waals surface area contributed by atoms with Crippen molar-refractivity contribution in [3.63, 3.8) is 0 Å². The standard InChI is InChI=1S/C10H14FNS/c1-8(6-7-12)13-10-5-3-2-4-9(10)11/h2-5,8H,6-7,12H2,1H3. The van der Waals surface area contributed by atoms with Crippen molar-refractivity contribution >= 4 is 11.8 Å². The summed E-state index contributed by atoms with van der Waals surface area (Å²) in [6, 6.07) is 6.83. The molecule has 2 N–H and O–H groups in total. The van der Waals surface area contributed by atoms with Crippen LogP contribution in [0.1, 0.15) is 13.3 Å². The fourth-order valence-corrected chi connectivity index (χ4v) is 2.08. The van der Waals surface area contributed by atoms with Crippen LogP contribution in [0.25, 0.3) is 0 Å². The first-order valence-corrected chi connectivity index (χ1v) is 5.23. The molecule has 0 radical (unpaired) electrons. The molecule has 0 saturated carbocycles. The minimum Gasteiger partial charge on any atom is -0.330 e. The normalized spacial score (nSPS) is 12.8. The van der Waals surface area contributed by atoms with Crippen molar-refractivity contribution in [1.29, 1.82) is 0 Å². The maximum absolute atomic E-state index is 13.1. The van der Waals surface area contributed by atoms with Gasteiger partial charge in [-0.3, -0.25) is 0 Å². The van der Waals surface area contributed by atoms with Gasteiger partial charge in [-0.15, -0.1) is 11.8 Å². The van der Waals surface area contributed by atoms with Gasteiger partial charge in [-0.2, -0.15) is 0 Å². The molecule has 0 aliphatic rings. The molecule has 0 aromatic heterocycles. The molecule has 0 saturated heterocycles. The zero-order chi connectivity index (χ0) is 9.68. The molecule has 0 aliphatic carbocycles. The van der Waals surface area contributed by atoms with Crippen LogP contribution in [0.2, 0.25) is 0 Å². The van der Waals surface area contributed by atoms with Crippen LogP contribution in [0.15, 0.2) is 29.2 Å². The molecule has 0 bridgehead atoms. The highest BCUT2D eigenvalue weighted by Crippen LogP contribution is 2.26. The molecule has 1 aromatic carbocycles. The molecule has 0 amide bonds. The highest BCUT2D eigenvalue weighted by Gasteiger charge is 2.06. The number of halogens is 1. The minimum absolute atomic E-state index is 0.142. The number of benzene rings is 1. The van der Waals surface area contributed by atoms with Crippen molar-refractivity contribution in [3.05, 3.63) is 30.1 Å². The molecule has 1 unspecified atom stereocenters. The molecule has 0 fully saturated rings. The van der Waals surface area contributed by atoms with Crippen molar-refractivity contribution in [2.45, 2.75) is 23.5 Å².